The Hall–Kier alpha value is 1.00. The Kier molecular flexibility index (Phi) is 13.1. The van der Waals surface area contributed by atoms with Crippen molar-refractivity contribution in [2.45, 2.75) is 26.7 Å². The quantitative estimate of drug-likeness (QED) is 0.433. The fourth-order valence-corrected chi connectivity index (χ4v) is 0.693. The monoisotopic (exact) mass is 309 g/mol. The Bertz CT molecular complexity index is 223. The fraction of sp³-hybridized carbons (Fsp3) is 0.500. The molecule has 0 saturated carbocycles. The zero-order valence-electron chi connectivity index (χ0n) is 7.53. The molecule has 0 spiro atoms. The van der Waals surface area contributed by atoms with Gasteiger partial charge in [-0.05, 0) is 0 Å². The van der Waals surface area contributed by atoms with Crippen molar-refractivity contribution < 1.29 is 37.9 Å². The number of allylic oxidation sites excluding steroid dienone is 1. The van der Waals surface area contributed by atoms with Crippen molar-refractivity contribution in [2.24, 2.45) is 0 Å². The Morgan fingerprint density at radius 3 is 2.14 bits per heavy atom. The van der Waals surface area contributed by atoms with Gasteiger partial charge in [0.1, 0.15) is 0 Å². The van der Waals surface area contributed by atoms with Crippen molar-refractivity contribution in [3.8, 4) is 0 Å². The molecular weight excluding hydrogens is 295 g/mol. The first-order valence-electron chi connectivity index (χ1n) is 3.71. The Labute approximate surface area is 138 Å². The minimum absolute atomic E-state index is 0. The molecule has 0 N–H and O–H groups in total. The Morgan fingerprint density at radius 2 is 1.71 bits per heavy atom. The van der Waals surface area contributed by atoms with Gasteiger partial charge in [0, 0.05) is 0 Å². The van der Waals surface area contributed by atoms with Crippen LogP contribution in [0.25, 0.3) is 0 Å². The van der Waals surface area contributed by atoms with E-state index in [1.54, 1.807) is 0 Å². The SMILES string of the molecule is CC(C)=COC(=O)CCC(=O)[O][Mo].[KH]. The molecule has 0 atom stereocenters. The molecule has 0 aliphatic rings. The molecule has 0 saturated heterocycles. The van der Waals surface area contributed by atoms with Crippen molar-refractivity contribution >= 4 is 63.3 Å². The van der Waals surface area contributed by atoms with Crippen LogP contribution in [0.2, 0.25) is 0 Å². The van der Waals surface area contributed by atoms with Gasteiger partial charge in [-0.1, -0.05) is 0 Å². The third kappa shape index (κ3) is 11.1. The van der Waals surface area contributed by atoms with Crippen LogP contribution in [0.4, 0.5) is 0 Å². The van der Waals surface area contributed by atoms with Gasteiger partial charge in [0.2, 0.25) is 0 Å². The fourth-order valence-electron chi connectivity index (χ4n) is 0.488. The van der Waals surface area contributed by atoms with E-state index in [-0.39, 0.29) is 64.2 Å². The van der Waals surface area contributed by atoms with E-state index in [2.05, 4.69) is 3.39 Å². The third-order valence-corrected chi connectivity index (χ3v) is 1.51. The predicted molar refractivity (Wildman–Crippen MR) is 48.0 cm³/mol. The molecule has 6 heteroatoms. The summed E-state index contributed by atoms with van der Waals surface area (Å²) in [5.41, 5.74) is 0.895. The van der Waals surface area contributed by atoms with E-state index in [0.29, 0.717) is 0 Å². The van der Waals surface area contributed by atoms with Crippen LogP contribution in [-0.4, -0.2) is 63.3 Å². The minimum atomic E-state index is -0.423. The molecule has 14 heavy (non-hydrogen) atoms. The number of hydrogen-bond donors (Lipinski definition) is 0. The van der Waals surface area contributed by atoms with E-state index in [4.69, 9.17) is 4.74 Å². The summed E-state index contributed by atoms with van der Waals surface area (Å²) in [6, 6.07) is 0. The summed E-state index contributed by atoms with van der Waals surface area (Å²) < 4.78 is 9.06. The van der Waals surface area contributed by atoms with E-state index in [0.717, 1.165) is 5.57 Å². The number of carbonyl (C=O) groups is 2. The second-order valence-corrected chi connectivity index (χ2v) is 3.05. The molecule has 75 valence electrons. The van der Waals surface area contributed by atoms with Gasteiger partial charge in [-0.3, -0.25) is 0 Å². The molecule has 0 aliphatic carbocycles. The predicted octanol–water partition coefficient (Wildman–Crippen LogP) is 0.590. The van der Waals surface area contributed by atoms with Crippen LogP contribution in [0.3, 0.4) is 0 Å². The average Bonchev–Trinajstić information content (AvgIpc) is 2.10. The maximum absolute atomic E-state index is 10.9. The zero-order chi connectivity index (χ0) is 10.3. The first kappa shape index (κ1) is 17.4. The van der Waals surface area contributed by atoms with Crippen molar-refractivity contribution in [3.05, 3.63) is 11.8 Å². The van der Waals surface area contributed by atoms with Crippen LogP contribution in [0.5, 0.6) is 0 Å². The molecule has 0 fully saturated rings. The standard InChI is InChI=1S/C8H12O4.K.Mo.H/c1-6(2)5-12-8(11)4-3-7(9)10;;;/h5H,3-4H2,1-2H3,(H,9,10);;;/q;;+1;/p-1. The van der Waals surface area contributed by atoms with E-state index >= 15 is 0 Å². The van der Waals surface area contributed by atoms with Crippen LogP contribution in [-0.2, 0) is 37.9 Å². The number of rotatable bonds is 4. The van der Waals surface area contributed by atoms with Gasteiger partial charge in [-0.2, -0.15) is 0 Å². The van der Waals surface area contributed by atoms with Gasteiger partial charge in [0.05, 0.1) is 0 Å². The summed E-state index contributed by atoms with van der Waals surface area (Å²) in [5, 5.41) is 0. The zero-order valence-corrected chi connectivity index (χ0v) is 9.54. The van der Waals surface area contributed by atoms with Crippen molar-refractivity contribution in [2.75, 3.05) is 0 Å². The van der Waals surface area contributed by atoms with Gasteiger partial charge in [0.15, 0.2) is 0 Å². The van der Waals surface area contributed by atoms with Crippen LogP contribution < -0.4 is 0 Å². The Balaban J connectivity index is 0. The normalized spacial score (nSPS) is 8.14. The third-order valence-electron chi connectivity index (χ3n) is 1.05. The Morgan fingerprint density at radius 1 is 1.21 bits per heavy atom. The van der Waals surface area contributed by atoms with Crippen LogP contribution in [0.15, 0.2) is 11.8 Å². The average molecular weight is 307 g/mol. The molecular formula is C8H12KMoO4. The second-order valence-electron chi connectivity index (χ2n) is 2.64. The van der Waals surface area contributed by atoms with Crippen LogP contribution >= 0.6 is 0 Å². The molecule has 0 aliphatic heterocycles. The first-order valence-corrected chi connectivity index (χ1v) is 4.53. The summed E-state index contributed by atoms with van der Waals surface area (Å²) in [4.78, 5) is 21.5. The molecule has 0 aromatic rings. The molecule has 0 amide bonds. The van der Waals surface area contributed by atoms with E-state index in [1.807, 2.05) is 13.8 Å². The van der Waals surface area contributed by atoms with Gasteiger partial charge in [-0.25, -0.2) is 0 Å². The van der Waals surface area contributed by atoms with Gasteiger partial charge in [-0.15, -0.1) is 0 Å². The van der Waals surface area contributed by atoms with E-state index < -0.39 is 11.9 Å². The molecule has 4 nitrogen and oxygen atoms in total. The second kappa shape index (κ2) is 10.5. The van der Waals surface area contributed by atoms with Gasteiger partial charge < -0.3 is 0 Å². The van der Waals surface area contributed by atoms with Crippen molar-refractivity contribution in [1.82, 2.24) is 0 Å². The molecule has 0 aromatic heterocycles. The summed E-state index contributed by atoms with van der Waals surface area (Å²) in [5.74, 6) is -0.827. The summed E-state index contributed by atoms with van der Waals surface area (Å²) in [6.07, 6.45) is 1.48. The summed E-state index contributed by atoms with van der Waals surface area (Å²) in [6.45, 7) is 3.63. The molecule has 0 heterocycles. The number of hydrogen-bond acceptors (Lipinski definition) is 4. The molecule has 0 bridgehead atoms. The van der Waals surface area contributed by atoms with Crippen molar-refractivity contribution in [1.29, 1.82) is 0 Å². The summed E-state index contributed by atoms with van der Waals surface area (Å²) >= 11 is 1.22. The molecule has 0 rings (SSSR count). The number of esters is 1. The van der Waals surface area contributed by atoms with Crippen LogP contribution in [0.1, 0.15) is 26.7 Å². The topological polar surface area (TPSA) is 52.6 Å². The van der Waals surface area contributed by atoms with Crippen molar-refractivity contribution in [3.63, 3.8) is 0 Å². The molecule has 0 unspecified atom stereocenters. The summed E-state index contributed by atoms with van der Waals surface area (Å²) in [7, 11) is 0. The van der Waals surface area contributed by atoms with Gasteiger partial charge >= 0.3 is 140 Å². The maximum atomic E-state index is 10.9. The van der Waals surface area contributed by atoms with Crippen LogP contribution in [0, 0.1) is 0 Å². The number of ether oxygens (including phenoxy) is 1. The van der Waals surface area contributed by atoms with E-state index in [9.17, 15) is 9.59 Å². The van der Waals surface area contributed by atoms with Gasteiger partial charge in [0.25, 0.3) is 0 Å². The molecule has 0 radical (unpaired) electrons. The number of carbonyl (C=O) groups excluding carboxylic acids is 2. The first-order chi connectivity index (χ1) is 6.06. The molecule has 0 aromatic carbocycles. The van der Waals surface area contributed by atoms with E-state index in [1.165, 1.54) is 26.5 Å².